The quantitative estimate of drug-likeness (QED) is 0.468. The van der Waals surface area contributed by atoms with Crippen LogP contribution in [0, 0.1) is 0 Å². The second kappa shape index (κ2) is 5.26. The van der Waals surface area contributed by atoms with Crippen molar-refractivity contribution in [3.63, 3.8) is 0 Å². The van der Waals surface area contributed by atoms with Gasteiger partial charge in [0.1, 0.15) is 11.4 Å². The molecule has 23 heavy (non-hydrogen) atoms. The third kappa shape index (κ3) is 3.06. The maximum atomic E-state index is 6.48. The van der Waals surface area contributed by atoms with Gasteiger partial charge in [-0.05, 0) is 42.3 Å². The lowest BCUT2D eigenvalue weighted by Crippen LogP contribution is -2.25. The lowest BCUT2D eigenvalue weighted by Gasteiger charge is -2.29. The fourth-order valence-corrected chi connectivity index (χ4v) is 3.07. The predicted molar refractivity (Wildman–Crippen MR) is 101 cm³/mol. The van der Waals surface area contributed by atoms with Crippen molar-refractivity contribution >= 4 is 21.5 Å². The fraction of sp³-hybridized carbons (Fsp3) is 0.364. The average molecular weight is 306 g/mol. The summed E-state index contributed by atoms with van der Waals surface area (Å²) in [6.45, 7) is 13.1. The van der Waals surface area contributed by atoms with Gasteiger partial charge in [0.2, 0.25) is 0 Å². The van der Waals surface area contributed by atoms with Crippen LogP contribution in [0.5, 0.6) is 5.75 Å². The van der Waals surface area contributed by atoms with Crippen molar-refractivity contribution < 1.29 is 4.74 Å². The number of benzene rings is 3. The van der Waals surface area contributed by atoms with Crippen molar-refractivity contribution in [3.8, 4) is 5.75 Å². The molecular formula is C22H26O. The van der Waals surface area contributed by atoms with Gasteiger partial charge in [0.05, 0.1) is 0 Å². The molecule has 1 heteroatoms. The fourth-order valence-electron chi connectivity index (χ4n) is 3.07. The molecule has 0 amide bonds. The molecule has 0 unspecified atom stereocenters. The summed E-state index contributed by atoms with van der Waals surface area (Å²) in [5.74, 6) is 1.03. The van der Waals surface area contributed by atoms with E-state index in [2.05, 4.69) is 90.1 Å². The molecule has 0 spiro atoms. The first-order valence-corrected chi connectivity index (χ1v) is 8.31. The lowest BCUT2D eigenvalue weighted by atomic mass is 9.84. The molecule has 0 aromatic heterocycles. The maximum absolute atomic E-state index is 6.48. The third-order valence-electron chi connectivity index (χ3n) is 4.08. The zero-order valence-corrected chi connectivity index (χ0v) is 15.0. The van der Waals surface area contributed by atoms with Crippen molar-refractivity contribution in [2.45, 2.75) is 52.6 Å². The van der Waals surface area contributed by atoms with Crippen LogP contribution < -0.4 is 4.74 Å². The Morgan fingerprint density at radius 2 is 1.30 bits per heavy atom. The van der Waals surface area contributed by atoms with Crippen LogP contribution in [0.4, 0.5) is 0 Å². The highest BCUT2D eigenvalue weighted by atomic mass is 16.5. The van der Waals surface area contributed by atoms with Crippen molar-refractivity contribution in [1.29, 1.82) is 0 Å². The third-order valence-corrected chi connectivity index (χ3v) is 4.08. The highest BCUT2D eigenvalue weighted by Crippen LogP contribution is 2.42. The minimum absolute atomic E-state index is 0.0335. The van der Waals surface area contributed by atoms with Gasteiger partial charge >= 0.3 is 0 Å². The smallest absolute Gasteiger partial charge is 0.132 e. The van der Waals surface area contributed by atoms with E-state index in [4.69, 9.17) is 4.74 Å². The van der Waals surface area contributed by atoms with Crippen molar-refractivity contribution in [3.05, 3.63) is 54.1 Å². The molecule has 0 N–H and O–H groups in total. The normalized spacial score (nSPS) is 12.8. The summed E-state index contributed by atoms with van der Waals surface area (Å²) in [5.41, 5.74) is 1.06. The second-order valence-electron chi connectivity index (χ2n) is 8.29. The summed E-state index contributed by atoms with van der Waals surface area (Å²) in [6, 6.07) is 17.4. The Bertz CT molecular complexity index is 861. The molecule has 0 saturated heterocycles. The van der Waals surface area contributed by atoms with E-state index < -0.39 is 0 Å². The number of fused-ring (bicyclic) bond motifs is 3. The predicted octanol–water partition coefficient (Wildman–Crippen LogP) is 6.47. The minimum atomic E-state index is -0.231. The van der Waals surface area contributed by atoms with E-state index >= 15 is 0 Å². The number of ether oxygens (including phenoxy) is 1. The Morgan fingerprint density at radius 3 is 1.96 bits per heavy atom. The SMILES string of the molecule is CC(C)(C)Oc1c(C(C)(C)C)ccc2ccc3ccccc3c12. The Hall–Kier alpha value is -2.02. The molecule has 0 saturated carbocycles. The monoisotopic (exact) mass is 306 g/mol. The maximum Gasteiger partial charge on any atom is 0.132 e. The molecule has 0 bridgehead atoms. The van der Waals surface area contributed by atoms with Gasteiger partial charge < -0.3 is 4.74 Å². The zero-order valence-electron chi connectivity index (χ0n) is 15.0. The van der Waals surface area contributed by atoms with E-state index in [9.17, 15) is 0 Å². The summed E-state index contributed by atoms with van der Waals surface area (Å²) in [6.07, 6.45) is 0. The van der Waals surface area contributed by atoms with Crippen LogP contribution in [-0.2, 0) is 5.41 Å². The van der Waals surface area contributed by atoms with Crippen molar-refractivity contribution in [1.82, 2.24) is 0 Å². The van der Waals surface area contributed by atoms with Gasteiger partial charge in [-0.15, -0.1) is 0 Å². The molecule has 3 rings (SSSR count). The summed E-state index contributed by atoms with van der Waals surface area (Å²) in [7, 11) is 0. The number of hydrogen-bond donors (Lipinski definition) is 0. The molecule has 0 aliphatic rings. The number of rotatable bonds is 1. The molecule has 0 aliphatic heterocycles. The first-order chi connectivity index (χ1) is 10.7. The van der Waals surface area contributed by atoms with Crippen LogP contribution in [-0.4, -0.2) is 5.60 Å². The van der Waals surface area contributed by atoms with E-state index in [0.29, 0.717) is 0 Å². The van der Waals surface area contributed by atoms with Gasteiger partial charge in [-0.2, -0.15) is 0 Å². The summed E-state index contributed by atoms with van der Waals surface area (Å²) in [4.78, 5) is 0. The molecule has 3 aromatic carbocycles. The Balaban J connectivity index is 2.46. The van der Waals surface area contributed by atoms with Crippen LogP contribution in [0.15, 0.2) is 48.5 Å². The topological polar surface area (TPSA) is 9.23 Å². The number of hydrogen-bond acceptors (Lipinski definition) is 1. The van der Waals surface area contributed by atoms with Gasteiger partial charge in [-0.25, -0.2) is 0 Å². The molecule has 0 fully saturated rings. The van der Waals surface area contributed by atoms with Gasteiger partial charge in [-0.1, -0.05) is 69.3 Å². The largest absolute Gasteiger partial charge is 0.487 e. The first kappa shape index (κ1) is 15.9. The van der Waals surface area contributed by atoms with Gasteiger partial charge in [-0.3, -0.25) is 0 Å². The summed E-state index contributed by atoms with van der Waals surface area (Å²) < 4.78 is 6.48. The van der Waals surface area contributed by atoms with Gasteiger partial charge in [0.15, 0.2) is 0 Å². The van der Waals surface area contributed by atoms with Crippen LogP contribution >= 0.6 is 0 Å². The Kier molecular flexibility index (Phi) is 3.63. The highest BCUT2D eigenvalue weighted by Gasteiger charge is 2.25. The van der Waals surface area contributed by atoms with E-state index in [1.807, 2.05) is 0 Å². The lowest BCUT2D eigenvalue weighted by molar-refractivity contribution is 0.130. The average Bonchev–Trinajstić information content (AvgIpc) is 2.44. The highest BCUT2D eigenvalue weighted by molar-refractivity contribution is 6.11. The Labute approximate surface area is 139 Å². The van der Waals surface area contributed by atoms with Crippen LogP contribution in [0.3, 0.4) is 0 Å². The van der Waals surface area contributed by atoms with Crippen LogP contribution in [0.2, 0.25) is 0 Å². The first-order valence-electron chi connectivity index (χ1n) is 8.31. The van der Waals surface area contributed by atoms with Crippen LogP contribution in [0.1, 0.15) is 47.1 Å². The zero-order chi connectivity index (χ0) is 16.8. The molecule has 120 valence electrons. The Morgan fingerprint density at radius 1 is 0.696 bits per heavy atom. The molecule has 0 heterocycles. The van der Waals surface area contributed by atoms with Crippen LogP contribution in [0.25, 0.3) is 21.5 Å². The standard InChI is InChI=1S/C22H26O/c1-21(2,3)18-14-13-16-12-11-15-9-7-8-10-17(15)19(16)20(18)23-22(4,5)6/h7-14H,1-6H3. The molecular weight excluding hydrogens is 280 g/mol. The van der Waals surface area contributed by atoms with E-state index in [0.717, 1.165) is 5.75 Å². The molecule has 3 aromatic rings. The molecule has 0 radical (unpaired) electrons. The van der Waals surface area contributed by atoms with Gasteiger partial charge in [0, 0.05) is 10.9 Å². The van der Waals surface area contributed by atoms with E-state index in [1.165, 1.54) is 27.1 Å². The summed E-state index contributed by atoms with van der Waals surface area (Å²) >= 11 is 0. The van der Waals surface area contributed by atoms with E-state index in [-0.39, 0.29) is 11.0 Å². The summed E-state index contributed by atoms with van der Waals surface area (Å²) in [5, 5.41) is 4.97. The second-order valence-corrected chi connectivity index (χ2v) is 8.29. The van der Waals surface area contributed by atoms with Gasteiger partial charge in [0.25, 0.3) is 0 Å². The minimum Gasteiger partial charge on any atom is -0.487 e. The van der Waals surface area contributed by atoms with Crippen molar-refractivity contribution in [2.24, 2.45) is 0 Å². The molecule has 0 aliphatic carbocycles. The van der Waals surface area contributed by atoms with E-state index in [1.54, 1.807) is 0 Å². The molecule has 0 atom stereocenters. The van der Waals surface area contributed by atoms with Crippen molar-refractivity contribution in [2.75, 3.05) is 0 Å². The molecule has 1 nitrogen and oxygen atoms in total.